The van der Waals surface area contributed by atoms with Gasteiger partial charge in [0.05, 0.1) is 12.4 Å². The van der Waals surface area contributed by atoms with Crippen LogP contribution in [-0.4, -0.2) is 18.3 Å². The molecule has 1 atom stereocenters. The third-order valence-electron chi connectivity index (χ3n) is 1.88. The molecular formula is C9H13N3O. The zero-order valence-electron chi connectivity index (χ0n) is 7.74. The van der Waals surface area contributed by atoms with Crippen LogP contribution in [0.15, 0.2) is 28.4 Å². The number of carbonyl (C=O) groups is 1. The van der Waals surface area contributed by atoms with E-state index in [1.807, 2.05) is 13.1 Å². The molecule has 0 aromatic carbocycles. The lowest BCUT2D eigenvalue weighted by Crippen LogP contribution is -2.18. The van der Waals surface area contributed by atoms with E-state index in [1.165, 1.54) is 0 Å². The minimum absolute atomic E-state index is 0.0792. The summed E-state index contributed by atoms with van der Waals surface area (Å²) in [5, 5.41) is 2.86. The van der Waals surface area contributed by atoms with Gasteiger partial charge in [-0.3, -0.25) is 9.79 Å². The second kappa shape index (κ2) is 3.89. The first-order valence-electron chi connectivity index (χ1n) is 4.07. The molecule has 1 aliphatic heterocycles. The van der Waals surface area contributed by atoms with Crippen molar-refractivity contribution in [2.24, 2.45) is 10.7 Å². The minimum atomic E-state index is -0.400. The van der Waals surface area contributed by atoms with E-state index in [1.54, 1.807) is 19.3 Å². The summed E-state index contributed by atoms with van der Waals surface area (Å²) in [6.07, 6.45) is 5.18. The second-order valence-electron chi connectivity index (χ2n) is 2.96. The van der Waals surface area contributed by atoms with E-state index in [0.717, 1.165) is 5.57 Å². The van der Waals surface area contributed by atoms with Gasteiger partial charge in [-0.15, -0.1) is 0 Å². The number of primary amides is 1. The third-order valence-corrected chi connectivity index (χ3v) is 1.88. The predicted molar refractivity (Wildman–Crippen MR) is 52.1 cm³/mol. The highest BCUT2D eigenvalue weighted by atomic mass is 16.1. The van der Waals surface area contributed by atoms with Gasteiger partial charge in [-0.05, 0) is 25.5 Å². The van der Waals surface area contributed by atoms with Crippen molar-refractivity contribution >= 4 is 12.2 Å². The molecule has 0 fully saturated rings. The predicted octanol–water partition coefficient (Wildman–Crippen LogP) is 0.322. The van der Waals surface area contributed by atoms with Gasteiger partial charge in [0.2, 0.25) is 5.91 Å². The fraction of sp³-hybridized carbons (Fsp3) is 0.333. The van der Waals surface area contributed by atoms with Crippen molar-refractivity contribution in [3.63, 3.8) is 0 Å². The van der Waals surface area contributed by atoms with Crippen molar-refractivity contribution in [2.45, 2.75) is 19.9 Å². The van der Waals surface area contributed by atoms with E-state index in [0.29, 0.717) is 5.57 Å². The number of nitrogens with one attached hydrogen (secondary N) is 1. The van der Waals surface area contributed by atoms with Crippen LogP contribution in [0.5, 0.6) is 0 Å². The van der Waals surface area contributed by atoms with Crippen molar-refractivity contribution in [1.82, 2.24) is 5.32 Å². The first kappa shape index (κ1) is 9.51. The molecule has 3 N–H and O–H groups in total. The fourth-order valence-corrected chi connectivity index (χ4v) is 0.978. The van der Waals surface area contributed by atoms with Gasteiger partial charge in [-0.1, -0.05) is 0 Å². The number of amides is 1. The molecule has 4 nitrogen and oxygen atoms in total. The van der Waals surface area contributed by atoms with E-state index in [4.69, 9.17) is 5.73 Å². The maximum atomic E-state index is 10.7. The highest BCUT2D eigenvalue weighted by Crippen LogP contribution is 2.11. The van der Waals surface area contributed by atoms with Crippen molar-refractivity contribution in [3.05, 3.63) is 23.4 Å². The number of carbonyl (C=O) groups excluding carboxylic acids is 1. The van der Waals surface area contributed by atoms with Crippen molar-refractivity contribution in [1.29, 1.82) is 0 Å². The quantitative estimate of drug-likeness (QED) is 0.599. The zero-order valence-corrected chi connectivity index (χ0v) is 7.74. The van der Waals surface area contributed by atoms with Gasteiger partial charge in [-0.25, -0.2) is 0 Å². The minimum Gasteiger partial charge on any atom is -0.366 e. The van der Waals surface area contributed by atoms with Crippen LogP contribution in [0.25, 0.3) is 0 Å². The molecular weight excluding hydrogens is 166 g/mol. The smallest absolute Gasteiger partial charge is 0.244 e. The molecule has 1 amide bonds. The maximum Gasteiger partial charge on any atom is 0.244 e. The van der Waals surface area contributed by atoms with E-state index < -0.39 is 5.91 Å². The van der Waals surface area contributed by atoms with Gasteiger partial charge in [0.25, 0.3) is 0 Å². The molecule has 0 aromatic heterocycles. The van der Waals surface area contributed by atoms with Crippen LogP contribution in [0, 0.1) is 0 Å². The van der Waals surface area contributed by atoms with Gasteiger partial charge < -0.3 is 11.1 Å². The van der Waals surface area contributed by atoms with Crippen LogP contribution in [0.3, 0.4) is 0 Å². The van der Waals surface area contributed by atoms with Crippen LogP contribution in [0.2, 0.25) is 0 Å². The molecule has 0 aromatic rings. The Labute approximate surface area is 77.2 Å². The first-order valence-corrected chi connectivity index (χ1v) is 4.07. The normalized spacial score (nSPS) is 22.2. The molecule has 0 bridgehead atoms. The Bertz CT molecular complexity index is 302. The Morgan fingerprint density at radius 3 is 3.00 bits per heavy atom. The molecule has 0 saturated heterocycles. The highest BCUT2D eigenvalue weighted by molar-refractivity contribution is 5.91. The van der Waals surface area contributed by atoms with Gasteiger partial charge in [-0.2, -0.15) is 0 Å². The Kier molecular flexibility index (Phi) is 2.84. The van der Waals surface area contributed by atoms with Gasteiger partial charge in [0.1, 0.15) is 0 Å². The summed E-state index contributed by atoms with van der Waals surface area (Å²) in [5.41, 5.74) is 6.60. The SMILES string of the molecule is CC(=CC1=CNC=NC1C)C(N)=O. The van der Waals surface area contributed by atoms with Crippen LogP contribution in [-0.2, 0) is 4.79 Å². The molecule has 4 heteroatoms. The molecule has 0 spiro atoms. The average molecular weight is 179 g/mol. The summed E-state index contributed by atoms with van der Waals surface area (Å²) < 4.78 is 0. The van der Waals surface area contributed by atoms with Gasteiger partial charge in [0, 0.05) is 11.8 Å². The lowest BCUT2D eigenvalue weighted by atomic mass is 10.1. The van der Waals surface area contributed by atoms with E-state index >= 15 is 0 Å². The number of aliphatic imine (C=N–C) groups is 1. The number of hydrogen-bond acceptors (Lipinski definition) is 3. The average Bonchev–Trinajstić information content (AvgIpc) is 2.08. The van der Waals surface area contributed by atoms with E-state index in [9.17, 15) is 4.79 Å². The Hall–Kier alpha value is -1.58. The van der Waals surface area contributed by atoms with E-state index in [2.05, 4.69) is 10.3 Å². The van der Waals surface area contributed by atoms with E-state index in [-0.39, 0.29) is 6.04 Å². The molecule has 1 rings (SSSR count). The van der Waals surface area contributed by atoms with Crippen molar-refractivity contribution < 1.29 is 4.79 Å². The summed E-state index contributed by atoms with van der Waals surface area (Å²) in [6.45, 7) is 3.64. The maximum absolute atomic E-state index is 10.7. The number of nitrogens with two attached hydrogens (primary N) is 1. The van der Waals surface area contributed by atoms with Gasteiger partial charge in [0.15, 0.2) is 0 Å². The molecule has 1 heterocycles. The molecule has 70 valence electrons. The number of hydrogen-bond donors (Lipinski definition) is 2. The Morgan fingerprint density at radius 2 is 2.46 bits per heavy atom. The molecule has 1 unspecified atom stereocenters. The topological polar surface area (TPSA) is 67.5 Å². The number of nitrogens with zero attached hydrogens (tertiary/aromatic N) is 1. The summed E-state index contributed by atoms with van der Waals surface area (Å²) in [5.74, 6) is -0.400. The largest absolute Gasteiger partial charge is 0.366 e. The first-order chi connectivity index (χ1) is 6.11. The van der Waals surface area contributed by atoms with Crippen LogP contribution in [0.1, 0.15) is 13.8 Å². The molecule has 1 aliphatic rings. The Balaban J connectivity index is 2.79. The molecule has 0 radical (unpaired) electrons. The fourth-order valence-electron chi connectivity index (χ4n) is 0.978. The second-order valence-corrected chi connectivity index (χ2v) is 2.96. The standard InChI is InChI=1S/C9H13N3O/c1-6(9(10)13)3-8-4-11-5-12-7(8)2/h3-5,7H,1-2H3,(H2,10,13)(H,11,12). The molecule has 0 saturated carbocycles. The summed E-state index contributed by atoms with van der Waals surface area (Å²) in [6, 6.07) is 0.0792. The van der Waals surface area contributed by atoms with Gasteiger partial charge >= 0.3 is 0 Å². The Morgan fingerprint density at radius 1 is 1.77 bits per heavy atom. The third kappa shape index (κ3) is 2.43. The summed E-state index contributed by atoms with van der Waals surface area (Å²) >= 11 is 0. The zero-order chi connectivity index (χ0) is 9.84. The summed E-state index contributed by atoms with van der Waals surface area (Å²) in [7, 11) is 0. The van der Waals surface area contributed by atoms with Crippen molar-refractivity contribution in [2.75, 3.05) is 0 Å². The lowest BCUT2D eigenvalue weighted by Gasteiger charge is -2.12. The van der Waals surface area contributed by atoms with Crippen LogP contribution in [0.4, 0.5) is 0 Å². The molecule has 0 aliphatic carbocycles. The molecule has 13 heavy (non-hydrogen) atoms. The number of rotatable bonds is 2. The van der Waals surface area contributed by atoms with Crippen molar-refractivity contribution in [3.8, 4) is 0 Å². The monoisotopic (exact) mass is 179 g/mol. The van der Waals surface area contributed by atoms with Crippen LogP contribution >= 0.6 is 0 Å². The highest BCUT2D eigenvalue weighted by Gasteiger charge is 2.08. The lowest BCUT2D eigenvalue weighted by molar-refractivity contribution is -0.114. The summed E-state index contributed by atoms with van der Waals surface area (Å²) in [4.78, 5) is 14.9. The van der Waals surface area contributed by atoms with Crippen LogP contribution < -0.4 is 11.1 Å².